The molecule has 48 heavy (non-hydrogen) atoms. The average Bonchev–Trinajstić information content (AvgIpc) is 3.03. The van der Waals surface area contributed by atoms with Gasteiger partial charge < -0.3 is 50.7 Å². The van der Waals surface area contributed by atoms with Crippen LogP contribution in [0, 0.1) is 50.2 Å². The van der Waals surface area contributed by atoms with E-state index in [4.69, 9.17) is 9.84 Å². The van der Waals surface area contributed by atoms with Crippen LogP contribution in [-0.4, -0.2) is 114 Å². The Kier molecular flexibility index (Phi) is 9.60. The topological polar surface area (TPSA) is 225 Å². The van der Waals surface area contributed by atoms with Crippen molar-refractivity contribution in [3.8, 4) is 0 Å². The van der Waals surface area contributed by atoms with Crippen LogP contribution in [0.15, 0.2) is 11.6 Å². The number of ether oxygens (including phenoxy) is 1. The summed E-state index contributed by atoms with van der Waals surface area (Å²) < 4.78 is 5.63. The van der Waals surface area contributed by atoms with E-state index in [0.29, 0.717) is 38.5 Å². The minimum atomic E-state index is -2.29. The summed E-state index contributed by atoms with van der Waals surface area (Å²) in [6.07, 6.45) is -5.06. The monoisotopic (exact) mass is 682 g/mol. The largest absolute Gasteiger partial charge is 0.481 e. The summed E-state index contributed by atoms with van der Waals surface area (Å²) >= 11 is 0. The Hall–Kier alpha value is -1.64. The second-order valence-corrected chi connectivity index (χ2v) is 17.6. The summed E-state index contributed by atoms with van der Waals surface area (Å²) in [5, 5.41) is 94.6. The predicted octanol–water partition coefficient (Wildman–Crippen LogP) is 1.13. The van der Waals surface area contributed by atoms with Crippen LogP contribution in [0.4, 0.5) is 0 Å². The Morgan fingerprint density at radius 1 is 0.896 bits per heavy atom. The maximum atomic E-state index is 13.0. The van der Waals surface area contributed by atoms with Gasteiger partial charge in [0, 0.05) is 11.3 Å². The number of rotatable bonds is 8. The molecule has 0 aromatic heterocycles. The first-order chi connectivity index (χ1) is 22.1. The van der Waals surface area contributed by atoms with Gasteiger partial charge in [-0.3, -0.25) is 4.79 Å². The molecule has 9 N–H and O–H groups in total. The van der Waals surface area contributed by atoms with Crippen LogP contribution in [-0.2, 0) is 14.3 Å². The van der Waals surface area contributed by atoms with Crippen molar-refractivity contribution in [3.63, 3.8) is 0 Å². The van der Waals surface area contributed by atoms with E-state index >= 15 is 0 Å². The number of carboxylic acids is 1. The molecule has 0 aromatic carbocycles. The summed E-state index contributed by atoms with van der Waals surface area (Å²) in [7, 11) is 0. The summed E-state index contributed by atoms with van der Waals surface area (Å²) in [4.78, 5) is 26.0. The normalized spacial score (nSPS) is 47.5. The highest BCUT2D eigenvalue weighted by Crippen LogP contribution is 2.76. The van der Waals surface area contributed by atoms with Gasteiger partial charge >= 0.3 is 11.9 Å². The van der Waals surface area contributed by atoms with E-state index in [9.17, 15) is 50.4 Å². The summed E-state index contributed by atoms with van der Waals surface area (Å²) in [5.74, 6) is -2.93. The third kappa shape index (κ3) is 5.06. The van der Waals surface area contributed by atoms with Crippen molar-refractivity contribution in [1.82, 2.24) is 0 Å². The average molecular weight is 683 g/mol. The molecule has 0 aromatic rings. The molecule has 0 spiro atoms. The lowest BCUT2D eigenvalue weighted by Crippen LogP contribution is -2.69. The molecule has 6 unspecified atom stereocenters. The Morgan fingerprint density at radius 2 is 1.52 bits per heavy atom. The Morgan fingerprint density at radius 3 is 2.10 bits per heavy atom. The first-order valence-corrected chi connectivity index (χ1v) is 17.6. The zero-order valence-corrected chi connectivity index (χ0v) is 29.2. The maximum Gasteiger partial charge on any atom is 0.338 e. The second-order valence-electron chi connectivity index (χ2n) is 17.6. The number of aliphatic hydroxyl groups excluding tert-OH is 8. The van der Waals surface area contributed by atoms with Crippen LogP contribution in [0.3, 0.4) is 0 Å². The number of hydrogen-bond donors (Lipinski definition) is 9. The van der Waals surface area contributed by atoms with Gasteiger partial charge in [0.05, 0.1) is 30.8 Å². The molecule has 5 aliphatic carbocycles. The number of carboxylic acid groups (broad SMARTS) is 1. The molecule has 5 aliphatic rings. The molecule has 12 heteroatoms. The minimum Gasteiger partial charge on any atom is -0.481 e. The van der Waals surface area contributed by atoms with Crippen molar-refractivity contribution in [2.75, 3.05) is 13.2 Å². The molecule has 0 bridgehead atoms. The van der Waals surface area contributed by atoms with Gasteiger partial charge in [-0.05, 0) is 84.9 Å². The van der Waals surface area contributed by atoms with Crippen LogP contribution in [0.25, 0.3) is 0 Å². The fourth-order valence-corrected chi connectivity index (χ4v) is 11.8. The van der Waals surface area contributed by atoms with E-state index in [0.717, 1.165) is 12.0 Å². The van der Waals surface area contributed by atoms with Crippen molar-refractivity contribution in [2.45, 2.75) is 136 Å². The number of aliphatic carboxylic acids is 1. The van der Waals surface area contributed by atoms with Crippen molar-refractivity contribution in [2.24, 2.45) is 50.2 Å². The molecule has 0 heterocycles. The molecule has 0 radical (unpaired) electrons. The number of allylic oxidation sites excluding steroid dienone is 1. The van der Waals surface area contributed by atoms with Crippen molar-refractivity contribution in [3.05, 3.63) is 11.6 Å². The molecule has 5 rings (SSSR count). The lowest BCUT2D eigenvalue weighted by molar-refractivity contribution is -0.255. The Labute approximate surface area is 282 Å². The van der Waals surface area contributed by atoms with Crippen LogP contribution < -0.4 is 0 Å². The molecule has 0 saturated heterocycles. The molecule has 0 amide bonds. The lowest BCUT2D eigenvalue weighted by Gasteiger charge is -2.71. The van der Waals surface area contributed by atoms with Crippen molar-refractivity contribution < 1.29 is 60.3 Å². The fourth-order valence-electron chi connectivity index (χ4n) is 11.8. The van der Waals surface area contributed by atoms with E-state index in [-0.39, 0.29) is 23.7 Å². The van der Waals surface area contributed by atoms with Crippen molar-refractivity contribution >= 4 is 11.9 Å². The zero-order valence-electron chi connectivity index (χ0n) is 29.2. The van der Waals surface area contributed by atoms with Gasteiger partial charge in [-0.2, -0.15) is 0 Å². The van der Waals surface area contributed by atoms with Gasteiger partial charge in [-0.25, -0.2) is 4.79 Å². The van der Waals surface area contributed by atoms with Crippen LogP contribution in [0.2, 0.25) is 0 Å². The number of fused-ring (bicyclic) bond motifs is 7. The smallest absolute Gasteiger partial charge is 0.338 e. The highest BCUT2D eigenvalue weighted by Gasteiger charge is 2.72. The van der Waals surface area contributed by atoms with Crippen LogP contribution in [0.1, 0.15) is 92.9 Å². The van der Waals surface area contributed by atoms with Gasteiger partial charge in [0.1, 0.15) is 24.4 Å². The fraction of sp³-hybridized carbons (Fsp3) is 0.889. The van der Waals surface area contributed by atoms with Gasteiger partial charge in [0.15, 0.2) is 6.10 Å². The Balaban J connectivity index is 1.48. The SMILES string of the molecule is CC12C[C@@H](O)[C@H](OC(=O)[C@H](O)[C@@H](O)[C@@H](O)[C@H](O)CO)[C@](C)(CO)C1CCC1(C)C2CC=C2C3[C@H](O)C(C)(C)CCC3(C(=O)O)CC[C@]21C. The number of esters is 1. The summed E-state index contributed by atoms with van der Waals surface area (Å²) in [6, 6.07) is 0. The van der Waals surface area contributed by atoms with Gasteiger partial charge in [-0.1, -0.05) is 53.2 Å². The van der Waals surface area contributed by atoms with Gasteiger partial charge in [-0.15, -0.1) is 0 Å². The van der Waals surface area contributed by atoms with E-state index in [1.165, 1.54) is 0 Å². The second kappa shape index (κ2) is 12.3. The molecular weight excluding hydrogens is 624 g/mol. The molecule has 4 fully saturated rings. The highest BCUT2D eigenvalue weighted by atomic mass is 16.6. The van der Waals surface area contributed by atoms with Crippen molar-refractivity contribution in [1.29, 1.82) is 0 Å². The predicted molar refractivity (Wildman–Crippen MR) is 172 cm³/mol. The minimum absolute atomic E-state index is 0.00303. The van der Waals surface area contributed by atoms with Gasteiger partial charge in [0.2, 0.25) is 0 Å². The number of aliphatic hydroxyl groups is 8. The van der Waals surface area contributed by atoms with E-state index in [1.807, 2.05) is 13.8 Å². The first kappa shape index (κ1) is 37.6. The lowest BCUT2D eigenvalue weighted by atomic mass is 9.33. The van der Waals surface area contributed by atoms with Gasteiger partial charge in [0.25, 0.3) is 0 Å². The van der Waals surface area contributed by atoms with Crippen LogP contribution in [0.5, 0.6) is 0 Å². The van der Waals surface area contributed by atoms with E-state index < -0.39 is 101 Å². The quantitative estimate of drug-likeness (QED) is 0.130. The standard InChI is InChI=1S/C36H58O12/c1-31(2)11-13-36(30(46)47)14-12-34(5)18(23(36)27(31)44)7-8-22-32(3)15-19(39)28(33(4,17-38)21(32)9-10-35(22,34)6)48-29(45)26(43)25(42)24(41)20(40)16-37/h7,19-28,37-44H,8-17H2,1-6H3,(H,46,47)/t19-,20-,21?,22?,23?,24+,25+,26-,27+,28+,32?,33-,34-,35?,36?/m1/s1. The molecule has 12 nitrogen and oxygen atoms in total. The van der Waals surface area contributed by atoms with E-state index in [1.54, 1.807) is 6.92 Å². The summed E-state index contributed by atoms with van der Waals surface area (Å²) in [5.41, 5.74) is -2.90. The number of hydrogen-bond acceptors (Lipinski definition) is 11. The Bertz CT molecular complexity index is 1300. The molecule has 15 atom stereocenters. The summed E-state index contributed by atoms with van der Waals surface area (Å²) in [6.45, 7) is 11.0. The third-order valence-electron chi connectivity index (χ3n) is 15.1. The molecule has 274 valence electrons. The number of carbonyl (C=O) groups excluding carboxylic acids is 1. The molecule has 0 aliphatic heterocycles. The highest BCUT2D eigenvalue weighted by molar-refractivity contribution is 5.77. The van der Waals surface area contributed by atoms with E-state index in [2.05, 4.69) is 26.8 Å². The first-order valence-electron chi connectivity index (χ1n) is 17.6. The molecule has 4 saturated carbocycles. The number of carbonyl (C=O) groups is 2. The maximum absolute atomic E-state index is 13.0. The van der Waals surface area contributed by atoms with Crippen LogP contribution >= 0.6 is 0 Å². The zero-order chi connectivity index (χ0) is 36.0. The molecular formula is C36H58O12. The third-order valence-corrected chi connectivity index (χ3v) is 15.1.